The summed E-state index contributed by atoms with van der Waals surface area (Å²) in [5.41, 5.74) is 0.987. The molecule has 0 spiro atoms. The van der Waals surface area contributed by atoms with Crippen LogP contribution in [0.15, 0.2) is 30.3 Å². The molecule has 2 aliphatic heterocycles. The van der Waals surface area contributed by atoms with E-state index in [-0.39, 0.29) is 31.2 Å². The maximum absolute atomic E-state index is 12.3. The van der Waals surface area contributed by atoms with Crippen LogP contribution in [0.1, 0.15) is 15.9 Å². The number of esters is 1. The van der Waals surface area contributed by atoms with E-state index in [2.05, 4.69) is 0 Å². The number of carbonyl (C=O) groups excluding carboxylic acids is 1. The average Bonchev–Trinajstić information content (AvgIpc) is 3.52. The molecule has 0 aliphatic carbocycles. The quantitative estimate of drug-likeness (QED) is 0.257. The topological polar surface area (TPSA) is 90.1 Å². The van der Waals surface area contributed by atoms with E-state index >= 15 is 0 Å². The summed E-state index contributed by atoms with van der Waals surface area (Å²) in [4.78, 5) is 22.6. The van der Waals surface area contributed by atoms with E-state index < -0.39 is 5.97 Å². The van der Waals surface area contributed by atoms with E-state index in [1.165, 1.54) is 6.07 Å². The molecular formula is C18H18O7. The highest BCUT2D eigenvalue weighted by atomic mass is 17.2. The lowest BCUT2D eigenvalue weighted by molar-refractivity contribution is -0.305. The third-order valence-electron chi connectivity index (χ3n) is 4.11. The highest BCUT2D eigenvalue weighted by Gasteiger charge is 2.25. The van der Waals surface area contributed by atoms with Crippen molar-refractivity contribution in [3.8, 4) is 5.75 Å². The van der Waals surface area contributed by atoms with Gasteiger partial charge in [-0.05, 0) is 29.0 Å². The number of phenolic OH excluding ortho intramolecular Hbond substituents is 1. The number of fused-ring (bicyclic) bond motifs is 1. The van der Waals surface area contributed by atoms with E-state index in [0.29, 0.717) is 41.7 Å². The monoisotopic (exact) mass is 346 g/mol. The molecule has 1 N–H and O–H groups in total. The molecule has 2 aromatic carbocycles. The molecule has 2 fully saturated rings. The number of carbonyl (C=O) groups is 1. The lowest BCUT2D eigenvalue weighted by atomic mass is 9.99. The summed E-state index contributed by atoms with van der Waals surface area (Å²) < 4.78 is 15.3. The van der Waals surface area contributed by atoms with Crippen LogP contribution < -0.4 is 0 Å². The molecular weight excluding hydrogens is 328 g/mol. The van der Waals surface area contributed by atoms with E-state index in [1.54, 1.807) is 18.2 Å². The van der Waals surface area contributed by atoms with Gasteiger partial charge in [0.1, 0.15) is 37.8 Å². The molecule has 7 heteroatoms. The molecule has 2 aromatic rings. The molecule has 7 nitrogen and oxygen atoms in total. The van der Waals surface area contributed by atoms with Crippen molar-refractivity contribution >= 4 is 16.7 Å². The van der Waals surface area contributed by atoms with Crippen LogP contribution in [-0.2, 0) is 30.6 Å². The lowest BCUT2D eigenvalue weighted by Crippen LogP contribution is -2.10. The Hall–Kier alpha value is -2.19. The SMILES string of the molecule is O=C(OCC1CO1)c1cccc2c(COOCC3CO3)c(O)ccc12. The molecule has 4 rings (SSSR count). The third-order valence-corrected chi connectivity index (χ3v) is 4.11. The number of rotatable bonds is 8. The Bertz CT molecular complexity index is 780. The minimum Gasteiger partial charge on any atom is -0.508 e. The summed E-state index contributed by atoms with van der Waals surface area (Å²) in [6.45, 7) is 1.97. The number of benzene rings is 2. The molecule has 2 atom stereocenters. The van der Waals surface area contributed by atoms with Crippen LogP contribution in [0, 0.1) is 0 Å². The van der Waals surface area contributed by atoms with Gasteiger partial charge in [-0.3, -0.25) is 0 Å². The summed E-state index contributed by atoms with van der Waals surface area (Å²) in [6, 6.07) is 8.48. The summed E-state index contributed by atoms with van der Waals surface area (Å²) in [5, 5.41) is 11.5. The van der Waals surface area contributed by atoms with Crippen LogP contribution in [0.25, 0.3) is 10.8 Å². The first-order valence-electron chi connectivity index (χ1n) is 8.10. The molecule has 2 saturated heterocycles. The first-order chi connectivity index (χ1) is 12.2. The third kappa shape index (κ3) is 3.91. The number of hydrogen-bond acceptors (Lipinski definition) is 7. The van der Waals surface area contributed by atoms with Crippen LogP contribution >= 0.6 is 0 Å². The van der Waals surface area contributed by atoms with Gasteiger partial charge in [-0.2, -0.15) is 0 Å². The van der Waals surface area contributed by atoms with Crippen molar-refractivity contribution in [1.29, 1.82) is 0 Å². The fraction of sp³-hybridized carbons (Fsp3) is 0.389. The van der Waals surface area contributed by atoms with E-state index in [4.69, 9.17) is 24.0 Å². The van der Waals surface area contributed by atoms with E-state index in [1.807, 2.05) is 6.07 Å². The van der Waals surface area contributed by atoms with Gasteiger partial charge >= 0.3 is 5.97 Å². The van der Waals surface area contributed by atoms with E-state index in [0.717, 1.165) is 0 Å². The van der Waals surface area contributed by atoms with Gasteiger partial charge in [0.25, 0.3) is 0 Å². The van der Waals surface area contributed by atoms with Crippen molar-refractivity contribution in [1.82, 2.24) is 0 Å². The predicted octanol–water partition coefficient (Wildman–Crippen LogP) is 1.95. The first-order valence-corrected chi connectivity index (χ1v) is 8.10. The zero-order valence-electron chi connectivity index (χ0n) is 13.5. The van der Waals surface area contributed by atoms with Crippen molar-refractivity contribution in [2.75, 3.05) is 26.4 Å². The smallest absolute Gasteiger partial charge is 0.338 e. The minimum absolute atomic E-state index is 0.0135. The van der Waals surface area contributed by atoms with Crippen LogP contribution in [0.5, 0.6) is 5.75 Å². The van der Waals surface area contributed by atoms with Crippen molar-refractivity contribution < 1.29 is 33.9 Å². The number of phenols is 1. The second kappa shape index (κ2) is 6.97. The summed E-state index contributed by atoms with van der Waals surface area (Å²) in [7, 11) is 0. The van der Waals surface area contributed by atoms with Gasteiger partial charge in [-0.15, -0.1) is 0 Å². The van der Waals surface area contributed by atoms with Crippen LogP contribution in [0.4, 0.5) is 0 Å². The predicted molar refractivity (Wildman–Crippen MR) is 86.1 cm³/mol. The maximum Gasteiger partial charge on any atom is 0.338 e. The fourth-order valence-corrected chi connectivity index (χ4v) is 2.54. The molecule has 0 bridgehead atoms. The Morgan fingerprint density at radius 1 is 1.04 bits per heavy atom. The Balaban J connectivity index is 1.53. The minimum atomic E-state index is -0.416. The molecule has 0 radical (unpaired) electrons. The van der Waals surface area contributed by atoms with E-state index in [9.17, 15) is 9.90 Å². The number of epoxide rings is 2. The highest BCUT2D eigenvalue weighted by Crippen LogP contribution is 2.30. The Labute approximate surface area is 143 Å². The molecule has 132 valence electrons. The lowest BCUT2D eigenvalue weighted by Gasteiger charge is -2.12. The Kier molecular flexibility index (Phi) is 4.54. The zero-order chi connectivity index (χ0) is 17.2. The standard InChI is InChI=1S/C18H18O7/c19-17-5-4-14-13(16(17)10-25-24-9-12-7-22-12)2-1-3-15(14)18(20)23-8-11-6-21-11/h1-5,11-12,19H,6-10H2. The van der Waals surface area contributed by atoms with Crippen molar-refractivity contribution in [2.45, 2.75) is 18.8 Å². The zero-order valence-corrected chi connectivity index (χ0v) is 13.5. The van der Waals surface area contributed by atoms with Crippen molar-refractivity contribution in [2.24, 2.45) is 0 Å². The van der Waals surface area contributed by atoms with Gasteiger partial charge in [-0.25, -0.2) is 14.6 Å². The van der Waals surface area contributed by atoms with Crippen LogP contribution in [-0.4, -0.2) is 49.7 Å². The van der Waals surface area contributed by atoms with Gasteiger partial charge in [0.15, 0.2) is 0 Å². The Morgan fingerprint density at radius 2 is 1.80 bits per heavy atom. The Morgan fingerprint density at radius 3 is 2.56 bits per heavy atom. The first kappa shape index (κ1) is 16.3. The van der Waals surface area contributed by atoms with Crippen molar-refractivity contribution in [3.05, 3.63) is 41.5 Å². The summed E-state index contributed by atoms with van der Waals surface area (Å²) in [5.74, 6) is -0.337. The second-order valence-corrected chi connectivity index (χ2v) is 6.02. The fourth-order valence-electron chi connectivity index (χ4n) is 2.54. The highest BCUT2D eigenvalue weighted by molar-refractivity contribution is 6.05. The van der Waals surface area contributed by atoms with Crippen molar-refractivity contribution in [3.63, 3.8) is 0 Å². The van der Waals surface area contributed by atoms with Gasteiger partial charge in [-0.1, -0.05) is 12.1 Å². The molecule has 2 aliphatic rings. The summed E-state index contributed by atoms with van der Waals surface area (Å²) in [6.07, 6.45) is 0.109. The largest absolute Gasteiger partial charge is 0.508 e. The molecule has 25 heavy (non-hydrogen) atoms. The molecule has 0 saturated carbocycles. The number of hydrogen-bond donors (Lipinski definition) is 1. The van der Waals surface area contributed by atoms with Gasteiger partial charge in [0.05, 0.1) is 18.8 Å². The maximum atomic E-state index is 12.3. The molecule has 0 amide bonds. The summed E-state index contributed by atoms with van der Waals surface area (Å²) >= 11 is 0. The average molecular weight is 346 g/mol. The number of ether oxygens (including phenoxy) is 3. The van der Waals surface area contributed by atoms with Crippen LogP contribution in [0.2, 0.25) is 0 Å². The number of aromatic hydroxyl groups is 1. The molecule has 2 heterocycles. The van der Waals surface area contributed by atoms with Crippen LogP contribution in [0.3, 0.4) is 0 Å². The van der Waals surface area contributed by atoms with Gasteiger partial charge in [0, 0.05) is 5.56 Å². The normalized spacial score (nSPS) is 21.3. The molecule has 2 unspecified atom stereocenters. The van der Waals surface area contributed by atoms with Gasteiger partial charge in [0.2, 0.25) is 0 Å². The molecule has 0 aromatic heterocycles. The van der Waals surface area contributed by atoms with Gasteiger partial charge < -0.3 is 19.3 Å². The second-order valence-electron chi connectivity index (χ2n) is 6.02.